The summed E-state index contributed by atoms with van der Waals surface area (Å²) in [6.45, 7) is 3.95. The van der Waals surface area contributed by atoms with Crippen LogP contribution in [0.3, 0.4) is 0 Å². The molecule has 1 aromatic carbocycles. The predicted molar refractivity (Wildman–Crippen MR) is 88.0 cm³/mol. The van der Waals surface area contributed by atoms with Gasteiger partial charge in [-0.3, -0.25) is 0 Å². The Labute approximate surface area is 132 Å². The topological polar surface area (TPSA) is 54.1 Å². The number of hydrogen-bond acceptors (Lipinski definition) is 4. The Hall–Kier alpha value is -2.20. The van der Waals surface area contributed by atoms with Gasteiger partial charge in [-0.05, 0) is 50.7 Å². The van der Waals surface area contributed by atoms with Crippen LogP contribution in [0, 0.1) is 22.7 Å². The van der Waals surface area contributed by atoms with Crippen LogP contribution in [-0.4, -0.2) is 26.2 Å². The minimum absolute atomic E-state index is 0.562. The van der Waals surface area contributed by atoms with Crippen LogP contribution in [0.15, 0.2) is 12.1 Å². The lowest BCUT2D eigenvalue weighted by atomic mass is 10.00. The molecular formula is C18H22N4. The minimum atomic E-state index is 0.562. The highest BCUT2D eigenvalue weighted by Gasteiger charge is 2.22. The van der Waals surface area contributed by atoms with Gasteiger partial charge in [-0.15, -0.1) is 0 Å². The van der Waals surface area contributed by atoms with E-state index in [2.05, 4.69) is 34.1 Å². The van der Waals surface area contributed by atoms with Crippen molar-refractivity contribution in [2.24, 2.45) is 0 Å². The van der Waals surface area contributed by atoms with E-state index in [0.717, 1.165) is 37.6 Å². The summed E-state index contributed by atoms with van der Waals surface area (Å²) in [6.07, 6.45) is 7.19. The van der Waals surface area contributed by atoms with Crippen molar-refractivity contribution in [2.45, 2.75) is 38.5 Å². The van der Waals surface area contributed by atoms with E-state index in [1.807, 2.05) is 0 Å². The van der Waals surface area contributed by atoms with E-state index in [0.29, 0.717) is 11.1 Å². The molecule has 0 saturated carbocycles. The van der Waals surface area contributed by atoms with Gasteiger partial charge in [0.2, 0.25) is 0 Å². The molecule has 2 heterocycles. The van der Waals surface area contributed by atoms with E-state index in [-0.39, 0.29) is 0 Å². The third-order valence-electron chi connectivity index (χ3n) is 4.78. The summed E-state index contributed by atoms with van der Waals surface area (Å²) < 4.78 is 0. The molecule has 1 aromatic rings. The molecule has 2 saturated heterocycles. The molecule has 0 unspecified atom stereocenters. The summed E-state index contributed by atoms with van der Waals surface area (Å²) in [7, 11) is 0. The molecule has 114 valence electrons. The van der Waals surface area contributed by atoms with Crippen LogP contribution in [0.25, 0.3) is 0 Å². The summed E-state index contributed by atoms with van der Waals surface area (Å²) in [5.74, 6) is 0. The highest BCUT2D eigenvalue weighted by molar-refractivity contribution is 5.75. The maximum atomic E-state index is 9.64. The number of hydrogen-bond donors (Lipinski definition) is 0. The zero-order valence-corrected chi connectivity index (χ0v) is 13.0. The number of piperidine rings is 2. The molecule has 0 amide bonds. The van der Waals surface area contributed by atoms with Gasteiger partial charge >= 0.3 is 0 Å². The molecule has 0 bridgehead atoms. The van der Waals surface area contributed by atoms with Gasteiger partial charge in [-0.25, -0.2) is 0 Å². The normalized spacial score (nSPS) is 18.6. The number of nitrogens with zero attached hydrogens (tertiary/aromatic N) is 4. The summed E-state index contributed by atoms with van der Waals surface area (Å²) in [4.78, 5) is 4.53. The highest BCUT2D eigenvalue weighted by Crippen LogP contribution is 2.33. The van der Waals surface area contributed by atoms with E-state index >= 15 is 0 Å². The Morgan fingerprint density at radius 2 is 1.00 bits per heavy atom. The van der Waals surface area contributed by atoms with Gasteiger partial charge in [0, 0.05) is 26.2 Å². The zero-order chi connectivity index (χ0) is 15.4. The van der Waals surface area contributed by atoms with E-state index in [4.69, 9.17) is 0 Å². The monoisotopic (exact) mass is 294 g/mol. The van der Waals surface area contributed by atoms with Crippen LogP contribution in [0.5, 0.6) is 0 Å². The molecule has 0 spiro atoms. The van der Waals surface area contributed by atoms with Gasteiger partial charge in [0.05, 0.1) is 22.5 Å². The van der Waals surface area contributed by atoms with Gasteiger partial charge in [-0.1, -0.05) is 0 Å². The molecule has 0 radical (unpaired) electrons. The predicted octanol–water partition coefficient (Wildman–Crippen LogP) is 3.41. The van der Waals surface area contributed by atoms with E-state index in [1.54, 1.807) is 0 Å². The maximum absolute atomic E-state index is 9.64. The maximum Gasteiger partial charge on any atom is 0.103 e. The van der Waals surface area contributed by atoms with Crippen molar-refractivity contribution in [3.8, 4) is 12.1 Å². The standard InChI is InChI=1S/C18H22N4/c19-13-15-16(14-20)18(22-11-5-2-6-12-22)8-7-17(15)21-9-3-1-4-10-21/h7-8H,1-6,9-12H2. The molecule has 22 heavy (non-hydrogen) atoms. The van der Waals surface area contributed by atoms with Crippen LogP contribution < -0.4 is 9.80 Å². The quantitative estimate of drug-likeness (QED) is 0.838. The summed E-state index contributed by atoms with van der Waals surface area (Å²) >= 11 is 0. The van der Waals surface area contributed by atoms with Crippen molar-refractivity contribution >= 4 is 11.4 Å². The molecule has 0 aromatic heterocycles. The minimum Gasteiger partial charge on any atom is -0.370 e. The van der Waals surface area contributed by atoms with Crippen molar-refractivity contribution < 1.29 is 0 Å². The Kier molecular flexibility index (Phi) is 4.49. The molecule has 4 nitrogen and oxygen atoms in total. The average Bonchev–Trinajstić information content (AvgIpc) is 2.61. The Morgan fingerprint density at radius 3 is 1.32 bits per heavy atom. The third kappa shape index (κ3) is 2.74. The SMILES string of the molecule is N#Cc1c(N2CCCCC2)ccc(N2CCCCC2)c1C#N. The molecule has 2 aliphatic heterocycles. The second-order valence-electron chi connectivity index (χ2n) is 6.17. The first-order valence-corrected chi connectivity index (χ1v) is 8.32. The van der Waals surface area contributed by atoms with Gasteiger partial charge in [0.25, 0.3) is 0 Å². The molecule has 2 aliphatic rings. The van der Waals surface area contributed by atoms with Crippen molar-refractivity contribution in [1.29, 1.82) is 10.5 Å². The van der Waals surface area contributed by atoms with Gasteiger partial charge < -0.3 is 9.80 Å². The van der Waals surface area contributed by atoms with Crippen LogP contribution in [0.4, 0.5) is 11.4 Å². The molecular weight excluding hydrogens is 272 g/mol. The van der Waals surface area contributed by atoms with Gasteiger partial charge in [0.15, 0.2) is 0 Å². The Morgan fingerprint density at radius 1 is 0.636 bits per heavy atom. The molecule has 0 atom stereocenters. The number of benzene rings is 1. The third-order valence-corrected chi connectivity index (χ3v) is 4.78. The second-order valence-corrected chi connectivity index (χ2v) is 6.17. The fourth-order valence-corrected chi connectivity index (χ4v) is 3.60. The summed E-state index contributed by atoms with van der Waals surface area (Å²) in [6, 6.07) is 8.70. The van der Waals surface area contributed by atoms with E-state index < -0.39 is 0 Å². The smallest absolute Gasteiger partial charge is 0.103 e. The number of rotatable bonds is 2. The summed E-state index contributed by atoms with van der Waals surface area (Å²) in [5.41, 5.74) is 3.01. The Bertz CT molecular complexity index is 556. The van der Waals surface area contributed by atoms with Crippen LogP contribution in [-0.2, 0) is 0 Å². The molecule has 0 aliphatic carbocycles. The molecule has 2 fully saturated rings. The van der Waals surface area contributed by atoms with Crippen LogP contribution in [0.2, 0.25) is 0 Å². The van der Waals surface area contributed by atoms with Crippen molar-refractivity contribution in [1.82, 2.24) is 0 Å². The van der Waals surface area contributed by atoms with Crippen molar-refractivity contribution in [3.05, 3.63) is 23.3 Å². The van der Waals surface area contributed by atoms with Crippen molar-refractivity contribution in [2.75, 3.05) is 36.0 Å². The fraction of sp³-hybridized carbons (Fsp3) is 0.556. The van der Waals surface area contributed by atoms with E-state index in [1.165, 1.54) is 38.5 Å². The first kappa shape index (κ1) is 14.7. The van der Waals surface area contributed by atoms with Gasteiger partial charge in [0.1, 0.15) is 12.1 Å². The molecule has 4 heteroatoms. The van der Waals surface area contributed by atoms with Crippen LogP contribution in [0.1, 0.15) is 49.7 Å². The van der Waals surface area contributed by atoms with Gasteiger partial charge in [-0.2, -0.15) is 10.5 Å². The van der Waals surface area contributed by atoms with Crippen LogP contribution >= 0.6 is 0 Å². The first-order valence-electron chi connectivity index (χ1n) is 8.32. The lowest BCUT2D eigenvalue weighted by Gasteiger charge is -2.33. The largest absolute Gasteiger partial charge is 0.370 e. The number of anilines is 2. The second kappa shape index (κ2) is 6.71. The lowest BCUT2D eigenvalue weighted by molar-refractivity contribution is 0.574. The van der Waals surface area contributed by atoms with E-state index in [9.17, 15) is 10.5 Å². The zero-order valence-electron chi connectivity index (χ0n) is 13.0. The highest BCUT2D eigenvalue weighted by atomic mass is 15.1. The average molecular weight is 294 g/mol. The molecule has 0 N–H and O–H groups in total. The van der Waals surface area contributed by atoms with Crippen molar-refractivity contribution in [3.63, 3.8) is 0 Å². The summed E-state index contributed by atoms with van der Waals surface area (Å²) in [5, 5.41) is 19.3. The Balaban J connectivity index is 2.00. The first-order chi connectivity index (χ1) is 10.8. The lowest BCUT2D eigenvalue weighted by Crippen LogP contribution is -2.32. The fourth-order valence-electron chi connectivity index (χ4n) is 3.60. The molecule has 3 rings (SSSR count). The number of nitriles is 2.